The number of nitrogens with zero attached hydrogens (tertiary/aromatic N) is 3. The quantitative estimate of drug-likeness (QED) is 0.110. The first kappa shape index (κ1) is 105. The van der Waals surface area contributed by atoms with E-state index in [1.54, 1.807) is 0 Å². The number of hydrogen-bond acceptors (Lipinski definition) is 4. The van der Waals surface area contributed by atoms with Gasteiger partial charge in [0.25, 0.3) is 0 Å². The monoisotopic (exact) mass is 1970 g/mol. The Labute approximate surface area is 891 Å². The number of aryl methyl sites for hydroxylation is 2. The highest BCUT2D eigenvalue weighted by Crippen LogP contribution is 2.60. The first-order valence-corrected chi connectivity index (χ1v) is 55.7. The molecule has 0 saturated carbocycles. The van der Waals surface area contributed by atoms with Gasteiger partial charge in [0.15, 0.2) is 0 Å². The zero-order valence-corrected chi connectivity index (χ0v) is 96.2. The SMILES string of the molecule is CC(C)(C)c1cc(-c2ccccc2)c(Nc2ccc3c(c2)C(C)(C)CCC3(C)C)c(-c2ccccc2)c1.Cc1cc(Cl)cc(N(c2ccc3c(c2)C(C)(C)CCC3(C)C)c2ccc3c(c2)C(C)(C)CCC3(C)C)c1.Cc1cc(N(c2ccc3c(c2)C(C)(C)CCC3(C)C)c2ccc3c(c2)C(C)(C)CCC3(C)C)cc(N(c2ccc3c(c2)C(C)(C)CCC3(C)C)c2c(-c3ccccc3)cc(C(C)(C)C)cc2-c2ccccc2)c1. The predicted octanol–water partition coefficient (Wildman–Crippen LogP) is 41.8. The molecule has 0 heterocycles. The summed E-state index contributed by atoms with van der Waals surface area (Å²) in [5, 5.41) is 4.71. The lowest BCUT2D eigenvalue weighted by molar-refractivity contribution is 0.332. The molecule has 0 aromatic heterocycles. The summed E-state index contributed by atoms with van der Waals surface area (Å²) < 4.78 is 0. The molecule has 0 radical (unpaired) electrons. The maximum atomic E-state index is 6.64. The van der Waals surface area contributed by atoms with Gasteiger partial charge in [-0.15, -0.1) is 0 Å². The minimum absolute atomic E-state index is 0.0191. The van der Waals surface area contributed by atoms with Gasteiger partial charge in [0.2, 0.25) is 0 Å². The van der Waals surface area contributed by atoms with Crippen LogP contribution in [0.15, 0.2) is 291 Å². The summed E-state index contributed by atoms with van der Waals surface area (Å²) in [5.41, 5.74) is 47.0. The zero-order valence-electron chi connectivity index (χ0n) is 95.4. The van der Waals surface area contributed by atoms with Crippen LogP contribution in [-0.2, 0) is 75.8 Å². The molecule has 0 aliphatic heterocycles. The normalized spacial score (nSPS) is 18.6. The van der Waals surface area contributed by atoms with Gasteiger partial charge in [-0.05, 0) is 411 Å². The van der Waals surface area contributed by atoms with Crippen LogP contribution in [0.3, 0.4) is 0 Å². The van der Waals surface area contributed by atoms with Crippen molar-refractivity contribution in [2.75, 3.05) is 20.0 Å². The average Bonchev–Trinajstić information content (AvgIpc) is 0.729. The van der Waals surface area contributed by atoms with E-state index in [-0.39, 0.29) is 75.8 Å². The summed E-state index contributed by atoms with van der Waals surface area (Å²) in [4.78, 5) is 7.66. The third-order valence-electron chi connectivity index (χ3n) is 36.0. The second kappa shape index (κ2) is 38.2. The van der Waals surface area contributed by atoms with Gasteiger partial charge in [-0.2, -0.15) is 0 Å². The molecule has 0 unspecified atom stereocenters. The number of fused-ring (bicyclic) bond motifs is 6. The molecule has 20 rings (SSSR count). The fraction of sp³-hybridized carbons (Fsp3) is 0.408. The van der Waals surface area contributed by atoms with Gasteiger partial charge in [0, 0.05) is 78.5 Å². The molecule has 1 N–H and O–H groups in total. The number of hydrogen-bond donors (Lipinski definition) is 1. The third kappa shape index (κ3) is 20.9. The minimum atomic E-state index is -0.0911. The number of rotatable bonds is 15. The van der Waals surface area contributed by atoms with Crippen LogP contribution < -0.4 is 20.0 Å². The van der Waals surface area contributed by atoms with Gasteiger partial charge in [0.1, 0.15) is 0 Å². The number of nitrogens with one attached hydrogen (secondary N) is 1. The fourth-order valence-corrected chi connectivity index (χ4v) is 25.7. The van der Waals surface area contributed by atoms with Crippen LogP contribution in [0.4, 0.5) is 62.6 Å². The van der Waals surface area contributed by atoms with Crippen molar-refractivity contribution in [2.24, 2.45) is 0 Å². The van der Waals surface area contributed by atoms with E-state index in [1.165, 1.54) is 244 Å². The molecule has 0 bridgehead atoms. The molecule has 6 aliphatic rings. The minimum Gasteiger partial charge on any atom is -0.355 e. The molecular weight excluding hydrogens is 1800 g/mol. The molecular formula is C142H169ClN4. The second-order valence-corrected chi connectivity index (χ2v) is 55.4. The highest BCUT2D eigenvalue weighted by atomic mass is 35.5. The smallest absolute Gasteiger partial charge is 0.0618 e. The lowest BCUT2D eigenvalue weighted by Crippen LogP contribution is -2.34. The van der Waals surface area contributed by atoms with Gasteiger partial charge in [-0.1, -0.05) is 377 Å². The maximum absolute atomic E-state index is 6.64. The van der Waals surface area contributed by atoms with E-state index in [1.807, 2.05) is 6.07 Å². The van der Waals surface area contributed by atoms with Crippen LogP contribution >= 0.6 is 11.6 Å². The van der Waals surface area contributed by atoms with E-state index >= 15 is 0 Å². The summed E-state index contributed by atoms with van der Waals surface area (Å²) in [6, 6.07) is 111. The molecule has 0 fully saturated rings. The fourth-order valence-electron chi connectivity index (χ4n) is 25.4. The van der Waals surface area contributed by atoms with Gasteiger partial charge >= 0.3 is 0 Å². The molecule has 0 atom stereocenters. The van der Waals surface area contributed by atoms with Crippen molar-refractivity contribution in [3.63, 3.8) is 0 Å². The van der Waals surface area contributed by atoms with Crippen molar-refractivity contribution in [3.05, 3.63) is 385 Å². The summed E-state index contributed by atoms with van der Waals surface area (Å²) >= 11 is 6.64. The predicted molar refractivity (Wildman–Crippen MR) is 638 cm³/mol. The van der Waals surface area contributed by atoms with Gasteiger partial charge in [0.05, 0.1) is 11.4 Å². The van der Waals surface area contributed by atoms with Crippen molar-refractivity contribution < 1.29 is 0 Å². The van der Waals surface area contributed by atoms with E-state index in [2.05, 4.69) is 527 Å². The molecule has 5 heteroatoms. The zero-order chi connectivity index (χ0) is 106. The topological polar surface area (TPSA) is 21.8 Å². The van der Waals surface area contributed by atoms with Crippen LogP contribution in [0.1, 0.15) is 374 Å². The Hall–Kier alpha value is -11.4. The van der Waals surface area contributed by atoms with Crippen molar-refractivity contribution in [1.82, 2.24) is 0 Å². The standard InChI is InChI=1S/C71H84N2.C36H41N.C35H44ClN/c1-47-39-54(72(51-27-30-58-61(44-51)69(11,12)36-33-66(58,5)6)52-28-31-59-62(45-52)70(13,14)37-34-67(59,7)8)43-55(40-47)73(53-29-32-60-63(46-53)71(15,16)38-35-68(60,9)10)64-56(48-23-19-17-20-24-48)41-50(65(2,3)4)42-57(64)49-25-21-18-22-26-49;1-34(2,3)27-22-29(25-14-10-8-11-15-25)33(30(23-27)26-16-12-9-13-17-26)37-28-18-19-31-32(24-28)36(6,7)21-20-35(31,4)5;1-23-18-24(36)20-27(19-23)37(25-10-12-28-30(21-25)34(6,7)16-14-32(28,2)3)26-11-13-29-31(22-26)35(8,9)17-15-33(29,4)5/h17-32,39-46H,33-38H2,1-16H3;8-19,22-24,37H,20-21H2,1-7H3;10-13,18-22H,14-17H2,1-9H3. The summed E-state index contributed by atoms with van der Waals surface area (Å²) in [6.45, 7) is 76.6. The third-order valence-corrected chi connectivity index (χ3v) is 36.2. The van der Waals surface area contributed by atoms with E-state index in [9.17, 15) is 0 Å². The van der Waals surface area contributed by atoms with Crippen molar-refractivity contribution in [2.45, 2.75) is 374 Å². The highest BCUT2D eigenvalue weighted by molar-refractivity contribution is 6.31. The lowest BCUT2D eigenvalue weighted by Gasteiger charge is -2.43. The first-order valence-electron chi connectivity index (χ1n) is 55.3. The number of halogens is 1. The number of anilines is 11. The molecule has 147 heavy (non-hydrogen) atoms. The first-order chi connectivity index (χ1) is 68.7. The van der Waals surface area contributed by atoms with Crippen LogP contribution in [0.5, 0.6) is 0 Å². The Bertz CT molecular complexity index is 6990. The van der Waals surface area contributed by atoms with Crippen LogP contribution in [0.2, 0.25) is 5.02 Å². The molecule has 0 saturated heterocycles. The Balaban J connectivity index is 0.000000160. The van der Waals surface area contributed by atoms with Crippen molar-refractivity contribution in [1.29, 1.82) is 0 Å². The Morgan fingerprint density at radius 3 is 0.694 bits per heavy atom. The molecule has 0 amide bonds. The Morgan fingerprint density at radius 2 is 0.429 bits per heavy atom. The Morgan fingerprint density at radius 1 is 0.211 bits per heavy atom. The van der Waals surface area contributed by atoms with E-state index in [0.717, 1.165) is 34.2 Å². The molecule has 764 valence electrons. The maximum Gasteiger partial charge on any atom is 0.0618 e. The largest absolute Gasteiger partial charge is 0.355 e. The lowest BCUT2D eigenvalue weighted by atomic mass is 9.63. The van der Waals surface area contributed by atoms with Crippen molar-refractivity contribution >= 4 is 74.2 Å². The molecule has 14 aromatic carbocycles. The molecule has 6 aliphatic carbocycles. The second-order valence-electron chi connectivity index (χ2n) is 55.0. The Kier molecular flexibility index (Phi) is 27.4. The van der Waals surface area contributed by atoms with E-state index in [0.29, 0.717) is 0 Å². The average molecular weight is 1970 g/mol. The molecule has 4 nitrogen and oxygen atoms in total. The highest BCUT2D eigenvalue weighted by Gasteiger charge is 2.46. The molecule has 0 spiro atoms. The van der Waals surface area contributed by atoms with Gasteiger partial charge in [-0.3, -0.25) is 0 Å². The van der Waals surface area contributed by atoms with Gasteiger partial charge < -0.3 is 20.0 Å². The van der Waals surface area contributed by atoms with Crippen LogP contribution in [0.25, 0.3) is 44.5 Å². The number of benzene rings is 14. The van der Waals surface area contributed by atoms with Crippen LogP contribution in [-0.4, -0.2) is 0 Å². The van der Waals surface area contributed by atoms with Crippen LogP contribution in [0, 0.1) is 13.8 Å². The van der Waals surface area contributed by atoms with Gasteiger partial charge in [-0.25, -0.2) is 0 Å². The van der Waals surface area contributed by atoms with Crippen molar-refractivity contribution in [3.8, 4) is 44.5 Å². The van der Waals surface area contributed by atoms with E-state index in [4.69, 9.17) is 11.6 Å². The summed E-state index contributed by atoms with van der Waals surface area (Å²) in [5.74, 6) is 0. The summed E-state index contributed by atoms with van der Waals surface area (Å²) in [7, 11) is 0. The van der Waals surface area contributed by atoms with E-state index < -0.39 is 0 Å². The molecule has 14 aromatic rings. The summed E-state index contributed by atoms with van der Waals surface area (Å²) in [6.07, 6.45) is 14.3.